The number of carbonyl (C=O) groups excluding carboxylic acids is 2. The quantitative estimate of drug-likeness (QED) is 0.671. The summed E-state index contributed by atoms with van der Waals surface area (Å²) in [7, 11) is 0. The first-order valence-electron chi connectivity index (χ1n) is 8.40. The first kappa shape index (κ1) is 21.1. The van der Waals surface area contributed by atoms with Crippen LogP contribution >= 0.6 is 11.6 Å². The summed E-state index contributed by atoms with van der Waals surface area (Å²) in [5.41, 5.74) is 0.196. The van der Waals surface area contributed by atoms with E-state index in [0.717, 1.165) is 6.42 Å². The van der Waals surface area contributed by atoms with Crippen LogP contribution in [0.2, 0.25) is 5.02 Å². The molecule has 0 aliphatic heterocycles. The average Bonchev–Trinajstić information content (AvgIpc) is 2.53. The van der Waals surface area contributed by atoms with Gasteiger partial charge in [0.2, 0.25) is 0 Å². The number of hydrogen-bond acceptors (Lipinski definition) is 5. The highest BCUT2D eigenvalue weighted by atomic mass is 35.5. The summed E-state index contributed by atoms with van der Waals surface area (Å²) < 4.78 is 16.3. The van der Waals surface area contributed by atoms with Crippen molar-refractivity contribution >= 4 is 23.5 Å². The molecule has 1 rings (SSSR count). The van der Waals surface area contributed by atoms with Crippen LogP contribution in [-0.2, 0) is 9.53 Å². The van der Waals surface area contributed by atoms with Gasteiger partial charge in [-0.3, -0.25) is 4.79 Å². The van der Waals surface area contributed by atoms with E-state index in [4.69, 9.17) is 25.8 Å². The van der Waals surface area contributed by atoms with Crippen LogP contribution in [0.15, 0.2) is 12.1 Å². The van der Waals surface area contributed by atoms with Crippen molar-refractivity contribution in [2.45, 2.75) is 53.2 Å². The lowest BCUT2D eigenvalue weighted by atomic mass is 10.2. The lowest BCUT2D eigenvalue weighted by Crippen LogP contribution is -2.39. The maximum Gasteiger partial charge on any atom is 0.339 e. The molecule has 0 spiro atoms. The fourth-order valence-corrected chi connectivity index (χ4v) is 2.24. The zero-order chi connectivity index (χ0) is 19.0. The fourth-order valence-electron chi connectivity index (χ4n) is 1.98. The molecule has 140 valence electrons. The predicted molar refractivity (Wildman–Crippen MR) is 96.6 cm³/mol. The average molecular weight is 372 g/mol. The molecule has 7 heteroatoms. The lowest BCUT2D eigenvalue weighted by molar-refractivity contribution is -0.129. The van der Waals surface area contributed by atoms with Crippen molar-refractivity contribution in [3.63, 3.8) is 0 Å². The van der Waals surface area contributed by atoms with E-state index >= 15 is 0 Å². The molecule has 0 radical (unpaired) electrons. The summed E-state index contributed by atoms with van der Waals surface area (Å²) in [5, 5.41) is 2.94. The number of benzene rings is 1. The van der Waals surface area contributed by atoms with E-state index in [2.05, 4.69) is 5.32 Å². The molecule has 0 aliphatic carbocycles. The predicted octanol–water partition coefficient (Wildman–Crippen LogP) is 3.60. The molecule has 1 amide bonds. The van der Waals surface area contributed by atoms with Crippen molar-refractivity contribution in [3.05, 3.63) is 22.7 Å². The van der Waals surface area contributed by atoms with E-state index in [0.29, 0.717) is 24.7 Å². The summed E-state index contributed by atoms with van der Waals surface area (Å²) >= 11 is 6.23. The van der Waals surface area contributed by atoms with Crippen LogP contribution in [-0.4, -0.2) is 37.2 Å². The summed E-state index contributed by atoms with van der Waals surface area (Å²) in [6.07, 6.45) is -0.103. The molecule has 0 aromatic heterocycles. The third kappa shape index (κ3) is 6.46. The standard InChI is InChI=1S/C18H26ClNO5/c1-6-8-24-16-14(19)9-13(10-15(16)23-7-2)18(22)25-12(5)17(21)20-11(3)4/h9-12H,6-8H2,1-5H3,(H,20,21). The van der Waals surface area contributed by atoms with Crippen LogP contribution in [0.4, 0.5) is 0 Å². The van der Waals surface area contributed by atoms with E-state index in [9.17, 15) is 9.59 Å². The maximum absolute atomic E-state index is 12.3. The number of nitrogens with one attached hydrogen (secondary N) is 1. The second-order valence-electron chi connectivity index (χ2n) is 5.78. The Kier molecular flexibility index (Phi) is 8.55. The molecule has 25 heavy (non-hydrogen) atoms. The molecule has 1 aromatic rings. The second-order valence-corrected chi connectivity index (χ2v) is 6.18. The first-order valence-corrected chi connectivity index (χ1v) is 8.78. The van der Waals surface area contributed by atoms with E-state index in [1.165, 1.54) is 19.1 Å². The summed E-state index contributed by atoms with van der Waals surface area (Å²) in [4.78, 5) is 24.2. The molecule has 0 saturated carbocycles. The van der Waals surface area contributed by atoms with Crippen LogP contribution in [0.3, 0.4) is 0 Å². The van der Waals surface area contributed by atoms with Crippen molar-refractivity contribution in [1.29, 1.82) is 0 Å². The summed E-state index contributed by atoms with van der Waals surface area (Å²) in [5.74, 6) is -0.249. The van der Waals surface area contributed by atoms with Gasteiger partial charge in [0, 0.05) is 6.04 Å². The molecule has 1 atom stereocenters. The molecular weight excluding hydrogens is 346 g/mol. The highest BCUT2D eigenvalue weighted by Crippen LogP contribution is 2.37. The number of hydrogen-bond donors (Lipinski definition) is 1. The van der Waals surface area contributed by atoms with Gasteiger partial charge in [0.05, 0.1) is 23.8 Å². The SMILES string of the molecule is CCCOc1c(Cl)cc(C(=O)OC(C)C(=O)NC(C)C)cc1OCC. The Morgan fingerprint density at radius 1 is 1.16 bits per heavy atom. The minimum atomic E-state index is -0.916. The van der Waals surface area contributed by atoms with Gasteiger partial charge in [-0.25, -0.2) is 4.79 Å². The van der Waals surface area contributed by atoms with Gasteiger partial charge in [-0.15, -0.1) is 0 Å². The van der Waals surface area contributed by atoms with E-state index in [1.54, 1.807) is 0 Å². The van der Waals surface area contributed by atoms with Crippen LogP contribution in [0.5, 0.6) is 11.5 Å². The maximum atomic E-state index is 12.3. The molecule has 1 N–H and O–H groups in total. The van der Waals surface area contributed by atoms with Gasteiger partial charge in [-0.1, -0.05) is 18.5 Å². The summed E-state index contributed by atoms with van der Waals surface area (Å²) in [6, 6.07) is 2.92. The van der Waals surface area contributed by atoms with Crippen LogP contribution in [0.1, 0.15) is 51.4 Å². The monoisotopic (exact) mass is 371 g/mol. The Hall–Kier alpha value is -1.95. The third-order valence-electron chi connectivity index (χ3n) is 3.08. The Labute approximate surface area is 153 Å². The molecule has 1 aromatic carbocycles. The fraction of sp³-hybridized carbons (Fsp3) is 0.556. The van der Waals surface area contributed by atoms with Crippen molar-refractivity contribution in [1.82, 2.24) is 5.32 Å². The highest BCUT2D eigenvalue weighted by Gasteiger charge is 2.22. The number of ether oxygens (including phenoxy) is 3. The Bertz CT molecular complexity index is 603. The Morgan fingerprint density at radius 3 is 2.40 bits per heavy atom. The highest BCUT2D eigenvalue weighted by molar-refractivity contribution is 6.32. The normalized spacial score (nSPS) is 11.8. The molecule has 0 aliphatic rings. The first-order chi connectivity index (χ1) is 11.8. The van der Waals surface area contributed by atoms with Crippen molar-refractivity contribution in [2.75, 3.05) is 13.2 Å². The number of carbonyl (C=O) groups is 2. The van der Waals surface area contributed by atoms with Gasteiger partial charge < -0.3 is 19.5 Å². The Morgan fingerprint density at radius 2 is 1.84 bits per heavy atom. The number of amides is 1. The van der Waals surface area contributed by atoms with Crippen LogP contribution < -0.4 is 14.8 Å². The molecule has 1 unspecified atom stereocenters. The zero-order valence-corrected chi connectivity index (χ0v) is 16.1. The van der Waals surface area contributed by atoms with E-state index < -0.39 is 12.1 Å². The van der Waals surface area contributed by atoms with Crippen LogP contribution in [0.25, 0.3) is 0 Å². The van der Waals surface area contributed by atoms with E-state index in [1.807, 2.05) is 27.7 Å². The number of esters is 1. The minimum absolute atomic E-state index is 0.0392. The topological polar surface area (TPSA) is 73.9 Å². The van der Waals surface area contributed by atoms with Gasteiger partial charge in [0.15, 0.2) is 17.6 Å². The molecule has 0 fully saturated rings. The minimum Gasteiger partial charge on any atom is -0.490 e. The van der Waals surface area contributed by atoms with Gasteiger partial charge >= 0.3 is 5.97 Å². The number of halogens is 1. The molecular formula is C18H26ClNO5. The second kappa shape index (κ2) is 10.1. The summed E-state index contributed by atoms with van der Waals surface area (Å²) in [6.45, 7) is 9.84. The van der Waals surface area contributed by atoms with Crippen molar-refractivity contribution in [3.8, 4) is 11.5 Å². The molecule has 0 heterocycles. The van der Waals surface area contributed by atoms with E-state index in [-0.39, 0.29) is 22.5 Å². The number of rotatable bonds is 9. The molecule has 0 saturated heterocycles. The smallest absolute Gasteiger partial charge is 0.339 e. The van der Waals surface area contributed by atoms with Crippen molar-refractivity contribution < 1.29 is 23.8 Å². The van der Waals surface area contributed by atoms with Gasteiger partial charge in [0.1, 0.15) is 0 Å². The Balaban J connectivity index is 2.96. The largest absolute Gasteiger partial charge is 0.490 e. The van der Waals surface area contributed by atoms with Crippen molar-refractivity contribution in [2.24, 2.45) is 0 Å². The van der Waals surface area contributed by atoms with Gasteiger partial charge in [0.25, 0.3) is 5.91 Å². The molecule has 0 bridgehead atoms. The lowest BCUT2D eigenvalue weighted by Gasteiger charge is -2.17. The van der Waals surface area contributed by atoms with Gasteiger partial charge in [-0.2, -0.15) is 0 Å². The molecule has 6 nitrogen and oxygen atoms in total. The van der Waals surface area contributed by atoms with Crippen LogP contribution in [0, 0.1) is 0 Å². The zero-order valence-electron chi connectivity index (χ0n) is 15.3. The van der Waals surface area contributed by atoms with Gasteiger partial charge in [-0.05, 0) is 46.2 Å². The third-order valence-corrected chi connectivity index (χ3v) is 3.36.